The standard InChI is InChI=1S/C17H12OS/c19-17-16(14-9-5-2-6-10-14)15(11-12-18-17)13-7-3-1-4-8-13/h1-12H. The number of hydrogen-bond donors (Lipinski definition) is 0. The molecule has 0 N–H and O–H groups in total. The Morgan fingerprint density at radius 1 is 0.684 bits per heavy atom. The highest BCUT2D eigenvalue weighted by atomic mass is 32.1. The zero-order valence-corrected chi connectivity index (χ0v) is 11.1. The summed E-state index contributed by atoms with van der Waals surface area (Å²) in [5.41, 5.74) is 4.30. The van der Waals surface area contributed by atoms with E-state index in [1.807, 2.05) is 54.6 Å². The van der Waals surface area contributed by atoms with E-state index < -0.39 is 0 Å². The van der Waals surface area contributed by atoms with Crippen molar-refractivity contribution in [2.24, 2.45) is 0 Å². The molecule has 92 valence electrons. The van der Waals surface area contributed by atoms with Gasteiger partial charge in [-0.2, -0.15) is 0 Å². The minimum Gasteiger partial charge on any atom is -0.453 e. The van der Waals surface area contributed by atoms with Gasteiger partial charge in [0.25, 0.3) is 0 Å². The summed E-state index contributed by atoms with van der Waals surface area (Å²) in [5, 5.41) is 0. The lowest BCUT2D eigenvalue weighted by atomic mass is 9.97. The van der Waals surface area contributed by atoms with E-state index in [0.29, 0.717) is 4.71 Å². The molecular formula is C17H12OS. The van der Waals surface area contributed by atoms with E-state index in [9.17, 15) is 0 Å². The van der Waals surface area contributed by atoms with E-state index >= 15 is 0 Å². The Kier molecular flexibility index (Phi) is 3.25. The molecule has 0 atom stereocenters. The molecule has 0 fully saturated rings. The van der Waals surface area contributed by atoms with Gasteiger partial charge in [-0.05, 0) is 35.0 Å². The van der Waals surface area contributed by atoms with Gasteiger partial charge >= 0.3 is 0 Å². The van der Waals surface area contributed by atoms with E-state index in [2.05, 4.69) is 12.1 Å². The summed E-state index contributed by atoms with van der Waals surface area (Å²) in [5.74, 6) is 0. The van der Waals surface area contributed by atoms with Gasteiger partial charge in [-0.25, -0.2) is 0 Å². The Balaban J connectivity index is 2.28. The van der Waals surface area contributed by atoms with Gasteiger partial charge < -0.3 is 4.42 Å². The zero-order valence-electron chi connectivity index (χ0n) is 10.2. The molecule has 0 saturated heterocycles. The Morgan fingerprint density at radius 2 is 1.26 bits per heavy atom. The maximum atomic E-state index is 5.39. The van der Waals surface area contributed by atoms with Crippen LogP contribution in [0, 0.1) is 4.71 Å². The minimum atomic E-state index is 0.521. The van der Waals surface area contributed by atoms with E-state index in [0.717, 1.165) is 22.3 Å². The molecule has 3 aromatic rings. The third kappa shape index (κ3) is 2.35. The van der Waals surface area contributed by atoms with E-state index in [1.54, 1.807) is 6.26 Å². The summed E-state index contributed by atoms with van der Waals surface area (Å²) < 4.78 is 5.91. The highest BCUT2D eigenvalue weighted by Gasteiger charge is 2.09. The maximum Gasteiger partial charge on any atom is 0.198 e. The molecule has 1 nitrogen and oxygen atoms in total. The Bertz CT molecular complexity index is 730. The molecule has 0 radical (unpaired) electrons. The lowest BCUT2D eigenvalue weighted by Gasteiger charge is -2.09. The van der Waals surface area contributed by atoms with Crippen LogP contribution in [0.4, 0.5) is 0 Å². The van der Waals surface area contributed by atoms with Crippen molar-refractivity contribution >= 4 is 12.2 Å². The number of hydrogen-bond acceptors (Lipinski definition) is 2. The average Bonchev–Trinajstić information content (AvgIpc) is 2.49. The van der Waals surface area contributed by atoms with Crippen LogP contribution in [-0.4, -0.2) is 0 Å². The molecule has 0 aliphatic carbocycles. The summed E-state index contributed by atoms with van der Waals surface area (Å²) >= 11 is 5.35. The fourth-order valence-electron chi connectivity index (χ4n) is 2.15. The summed E-state index contributed by atoms with van der Waals surface area (Å²) in [6.45, 7) is 0. The van der Waals surface area contributed by atoms with Gasteiger partial charge in [-0.3, -0.25) is 0 Å². The highest BCUT2D eigenvalue weighted by molar-refractivity contribution is 7.71. The molecule has 0 aliphatic rings. The van der Waals surface area contributed by atoms with Crippen LogP contribution in [0.2, 0.25) is 0 Å². The third-order valence-electron chi connectivity index (χ3n) is 3.03. The second-order valence-corrected chi connectivity index (χ2v) is 4.60. The molecule has 3 rings (SSSR count). The van der Waals surface area contributed by atoms with E-state index in [-0.39, 0.29) is 0 Å². The van der Waals surface area contributed by atoms with Gasteiger partial charge in [0.05, 0.1) is 6.26 Å². The zero-order chi connectivity index (χ0) is 13.1. The predicted octanol–water partition coefficient (Wildman–Crippen LogP) is 5.34. The molecule has 2 heteroatoms. The number of rotatable bonds is 2. The molecule has 0 aliphatic heterocycles. The summed E-state index contributed by atoms with van der Waals surface area (Å²) in [6.07, 6.45) is 1.65. The van der Waals surface area contributed by atoms with Crippen LogP contribution >= 0.6 is 12.2 Å². The molecule has 19 heavy (non-hydrogen) atoms. The summed E-state index contributed by atoms with van der Waals surface area (Å²) in [4.78, 5) is 0. The van der Waals surface area contributed by atoms with Crippen molar-refractivity contribution in [1.29, 1.82) is 0 Å². The normalized spacial score (nSPS) is 10.3. The van der Waals surface area contributed by atoms with Crippen LogP contribution < -0.4 is 0 Å². The Morgan fingerprint density at radius 3 is 1.89 bits per heavy atom. The molecule has 0 unspecified atom stereocenters. The van der Waals surface area contributed by atoms with Gasteiger partial charge in [0, 0.05) is 5.56 Å². The van der Waals surface area contributed by atoms with Crippen LogP contribution in [0.1, 0.15) is 0 Å². The Labute approximate surface area is 117 Å². The van der Waals surface area contributed by atoms with Crippen molar-refractivity contribution in [3.63, 3.8) is 0 Å². The first-order valence-corrected chi connectivity index (χ1v) is 6.50. The van der Waals surface area contributed by atoms with Gasteiger partial charge in [-0.15, -0.1) is 0 Å². The van der Waals surface area contributed by atoms with Crippen LogP contribution in [-0.2, 0) is 0 Å². The average molecular weight is 264 g/mol. The van der Waals surface area contributed by atoms with Crippen LogP contribution in [0.3, 0.4) is 0 Å². The quantitative estimate of drug-likeness (QED) is 0.579. The molecule has 0 amide bonds. The molecule has 0 saturated carbocycles. The first kappa shape index (κ1) is 11.9. The van der Waals surface area contributed by atoms with Crippen LogP contribution in [0.25, 0.3) is 22.3 Å². The van der Waals surface area contributed by atoms with Crippen molar-refractivity contribution in [3.05, 3.63) is 77.7 Å². The molecule has 0 spiro atoms. The van der Waals surface area contributed by atoms with Crippen molar-refractivity contribution in [2.45, 2.75) is 0 Å². The van der Waals surface area contributed by atoms with E-state index in [1.165, 1.54) is 0 Å². The molecule has 1 aromatic heterocycles. The topological polar surface area (TPSA) is 13.1 Å². The number of benzene rings is 2. The monoisotopic (exact) mass is 264 g/mol. The SMILES string of the molecule is S=c1occc(-c2ccccc2)c1-c1ccccc1. The molecular weight excluding hydrogens is 252 g/mol. The lowest BCUT2D eigenvalue weighted by Crippen LogP contribution is -1.85. The van der Waals surface area contributed by atoms with Crippen molar-refractivity contribution in [3.8, 4) is 22.3 Å². The van der Waals surface area contributed by atoms with Gasteiger partial charge in [-0.1, -0.05) is 60.7 Å². The summed E-state index contributed by atoms with van der Waals surface area (Å²) in [7, 11) is 0. The second-order valence-electron chi connectivity index (χ2n) is 4.23. The smallest absolute Gasteiger partial charge is 0.198 e. The van der Waals surface area contributed by atoms with Gasteiger partial charge in [0.2, 0.25) is 0 Å². The van der Waals surface area contributed by atoms with Gasteiger partial charge in [0.1, 0.15) is 0 Å². The fraction of sp³-hybridized carbons (Fsp3) is 0. The second kappa shape index (κ2) is 5.21. The largest absolute Gasteiger partial charge is 0.453 e. The van der Waals surface area contributed by atoms with Crippen molar-refractivity contribution in [2.75, 3.05) is 0 Å². The fourth-order valence-corrected chi connectivity index (χ4v) is 2.44. The van der Waals surface area contributed by atoms with Crippen molar-refractivity contribution < 1.29 is 4.42 Å². The predicted molar refractivity (Wildman–Crippen MR) is 80.4 cm³/mol. The first-order chi connectivity index (χ1) is 9.36. The Hall–Kier alpha value is -2.19. The van der Waals surface area contributed by atoms with Crippen LogP contribution in [0.15, 0.2) is 77.4 Å². The first-order valence-electron chi connectivity index (χ1n) is 6.09. The van der Waals surface area contributed by atoms with E-state index in [4.69, 9.17) is 16.6 Å². The minimum absolute atomic E-state index is 0.521. The third-order valence-corrected chi connectivity index (χ3v) is 3.33. The highest BCUT2D eigenvalue weighted by Crippen LogP contribution is 2.32. The van der Waals surface area contributed by atoms with Crippen molar-refractivity contribution in [1.82, 2.24) is 0 Å². The summed E-state index contributed by atoms with van der Waals surface area (Å²) in [6, 6.07) is 22.3. The molecule has 1 heterocycles. The van der Waals surface area contributed by atoms with Gasteiger partial charge in [0.15, 0.2) is 4.71 Å². The maximum absolute atomic E-state index is 5.39. The molecule has 0 bridgehead atoms. The molecule has 2 aromatic carbocycles. The van der Waals surface area contributed by atoms with Crippen LogP contribution in [0.5, 0.6) is 0 Å². The lowest BCUT2D eigenvalue weighted by molar-refractivity contribution is 0.537.